The van der Waals surface area contributed by atoms with Crippen LogP contribution < -0.4 is 4.72 Å². The molecule has 34 heavy (non-hydrogen) atoms. The molecule has 5 atom stereocenters. The Labute approximate surface area is 206 Å². The maximum atomic E-state index is 13.4. The number of benzene rings is 1. The van der Waals surface area contributed by atoms with E-state index in [1.54, 1.807) is 27.9 Å². The highest BCUT2D eigenvalue weighted by molar-refractivity contribution is 7.83. The lowest BCUT2D eigenvalue weighted by Gasteiger charge is -2.43. The third-order valence-corrected chi connectivity index (χ3v) is 7.30. The molecule has 1 heterocycles. The number of carbonyl (C=O) groups is 2. The zero-order valence-electron chi connectivity index (χ0n) is 21.7. The van der Waals surface area contributed by atoms with Crippen molar-refractivity contribution in [3.05, 3.63) is 42.0 Å². The highest BCUT2D eigenvalue weighted by Gasteiger charge is 2.53. The van der Waals surface area contributed by atoms with Gasteiger partial charge >= 0.3 is 6.09 Å². The van der Waals surface area contributed by atoms with E-state index >= 15 is 0 Å². The molecule has 0 radical (unpaired) electrons. The molecule has 0 spiro atoms. The first-order valence-corrected chi connectivity index (χ1v) is 13.0. The smallest absolute Gasteiger partial charge is 0.417 e. The predicted octanol–water partition coefficient (Wildman–Crippen LogP) is 4.91. The van der Waals surface area contributed by atoms with Gasteiger partial charge in [-0.1, -0.05) is 43.2 Å². The SMILES string of the molecule is C/C=C\C1CC(=O)N(C(=O)OC(C)(C)C)C1C(NS(=O)c1ccc(C)cc1)C(C)(CCC)OC. The van der Waals surface area contributed by atoms with Crippen LogP contribution in [0.3, 0.4) is 0 Å². The quantitative estimate of drug-likeness (QED) is 0.495. The highest BCUT2D eigenvalue weighted by Crippen LogP contribution is 2.37. The lowest BCUT2D eigenvalue weighted by Crippen LogP contribution is -2.63. The summed E-state index contributed by atoms with van der Waals surface area (Å²) in [5.74, 6) is -0.589. The van der Waals surface area contributed by atoms with Gasteiger partial charge < -0.3 is 9.47 Å². The minimum absolute atomic E-state index is 0.162. The Morgan fingerprint density at radius 1 is 1.26 bits per heavy atom. The molecular formula is C26H40N2O5S. The summed E-state index contributed by atoms with van der Waals surface area (Å²) < 4.78 is 28.3. The van der Waals surface area contributed by atoms with Crippen molar-refractivity contribution in [2.24, 2.45) is 5.92 Å². The van der Waals surface area contributed by atoms with E-state index in [1.165, 1.54) is 4.90 Å². The first kappa shape index (κ1) is 28.2. The average Bonchev–Trinajstić information content (AvgIpc) is 3.06. The van der Waals surface area contributed by atoms with E-state index in [4.69, 9.17) is 9.47 Å². The molecule has 1 aliphatic heterocycles. The molecule has 1 N–H and O–H groups in total. The molecule has 0 aromatic heterocycles. The summed E-state index contributed by atoms with van der Waals surface area (Å²) >= 11 is 0. The Morgan fingerprint density at radius 2 is 1.88 bits per heavy atom. The van der Waals surface area contributed by atoms with Gasteiger partial charge in [0, 0.05) is 19.4 Å². The number of hydrogen-bond donors (Lipinski definition) is 1. The molecule has 2 rings (SSSR count). The fraction of sp³-hybridized carbons (Fsp3) is 0.615. The molecule has 1 aliphatic rings. The molecule has 1 aromatic rings. The van der Waals surface area contributed by atoms with Gasteiger partial charge in [0.25, 0.3) is 0 Å². The van der Waals surface area contributed by atoms with Gasteiger partial charge in [-0.2, -0.15) is 0 Å². The number of rotatable bonds is 9. The van der Waals surface area contributed by atoms with Crippen LogP contribution in [0.15, 0.2) is 41.3 Å². The van der Waals surface area contributed by atoms with Crippen molar-refractivity contribution in [3.8, 4) is 0 Å². The van der Waals surface area contributed by atoms with E-state index in [1.807, 2.05) is 64.1 Å². The zero-order chi connectivity index (χ0) is 25.7. The minimum atomic E-state index is -1.59. The first-order valence-electron chi connectivity index (χ1n) is 11.8. The number of nitrogens with zero attached hydrogens (tertiary/aromatic N) is 1. The summed E-state index contributed by atoms with van der Waals surface area (Å²) in [6.07, 6.45) is 4.72. The fourth-order valence-corrected chi connectivity index (χ4v) is 5.56. The maximum Gasteiger partial charge on any atom is 0.417 e. The number of nitrogens with one attached hydrogen (secondary N) is 1. The lowest BCUT2D eigenvalue weighted by molar-refractivity contribution is -0.129. The fourth-order valence-electron chi connectivity index (χ4n) is 4.42. The van der Waals surface area contributed by atoms with E-state index in [2.05, 4.69) is 4.72 Å². The second-order valence-corrected chi connectivity index (χ2v) is 11.3. The van der Waals surface area contributed by atoms with Gasteiger partial charge in [-0.3, -0.25) is 4.79 Å². The van der Waals surface area contributed by atoms with Crippen LogP contribution in [0, 0.1) is 12.8 Å². The topological polar surface area (TPSA) is 84.9 Å². The lowest BCUT2D eigenvalue weighted by atomic mass is 9.81. The Morgan fingerprint density at radius 3 is 2.38 bits per heavy atom. The Hall–Kier alpha value is -2.03. The van der Waals surface area contributed by atoms with Crippen molar-refractivity contribution >= 4 is 23.0 Å². The van der Waals surface area contributed by atoms with Crippen molar-refractivity contribution < 1.29 is 23.3 Å². The summed E-state index contributed by atoms with van der Waals surface area (Å²) in [4.78, 5) is 28.1. The van der Waals surface area contributed by atoms with Crippen molar-refractivity contribution in [3.63, 3.8) is 0 Å². The molecule has 7 nitrogen and oxygen atoms in total. The molecule has 2 amide bonds. The van der Waals surface area contributed by atoms with Crippen molar-refractivity contribution in [1.29, 1.82) is 0 Å². The van der Waals surface area contributed by atoms with Crippen LogP contribution in [-0.2, 0) is 25.3 Å². The summed E-state index contributed by atoms with van der Waals surface area (Å²) in [6, 6.07) is 6.19. The number of allylic oxidation sites excluding steroid dienone is 1. The Kier molecular flexibility index (Phi) is 9.62. The molecule has 1 fully saturated rings. The summed E-state index contributed by atoms with van der Waals surface area (Å²) in [5, 5.41) is 0. The van der Waals surface area contributed by atoms with Crippen molar-refractivity contribution in [1.82, 2.24) is 9.62 Å². The number of carbonyl (C=O) groups excluding carboxylic acids is 2. The van der Waals surface area contributed by atoms with Crippen LogP contribution in [0.1, 0.15) is 66.4 Å². The van der Waals surface area contributed by atoms with E-state index < -0.39 is 40.4 Å². The van der Waals surface area contributed by atoms with Gasteiger partial charge in [-0.15, -0.1) is 0 Å². The second-order valence-electron chi connectivity index (χ2n) is 10.1. The number of hydrogen-bond acceptors (Lipinski definition) is 5. The third kappa shape index (κ3) is 6.77. The molecule has 1 saturated heterocycles. The van der Waals surface area contributed by atoms with Gasteiger partial charge in [-0.25, -0.2) is 18.6 Å². The normalized spacial score (nSPS) is 22.6. The van der Waals surface area contributed by atoms with Gasteiger partial charge in [-0.05, 0) is 60.1 Å². The number of amides is 2. The van der Waals surface area contributed by atoms with E-state index in [0.29, 0.717) is 11.3 Å². The van der Waals surface area contributed by atoms with E-state index in [0.717, 1.165) is 12.0 Å². The highest BCUT2D eigenvalue weighted by atomic mass is 32.2. The maximum absolute atomic E-state index is 13.4. The van der Waals surface area contributed by atoms with Gasteiger partial charge in [0.15, 0.2) is 0 Å². The number of imide groups is 1. The number of likely N-dealkylation sites (tertiary alicyclic amines) is 1. The molecule has 190 valence electrons. The van der Waals surface area contributed by atoms with Gasteiger partial charge in [0.2, 0.25) is 5.91 Å². The summed E-state index contributed by atoms with van der Waals surface area (Å²) in [5.41, 5.74) is -0.497. The van der Waals surface area contributed by atoms with E-state index in [9.17, 15) is 13.8 Å². The third-order valence-electron chi connectivity index (χ3n) is 6.13. The van der Waals surface area contributed by atoms with Crippen LogP contribution in [-0.4, -0.2) is 51.5 Å². The molecule has 1 aromatic carbocycles. The Bertz CT molecular complexity index is 909. The Balaban J connectivity index is 2.58. The van der Waals surface area contributed by atoms with Crippen molar-refractivity contribution in [2.75, 3.05) is 7.11 Å². The zero-order valence-corrected chi connectivity index (χ0v) is 22.5. The molecular weight excluding hydrogens is 452 g/mol. The second kappa shape index (κ2) is 11.6. The number of aryl methyl sites for hydroxylation is 1. The average molecular weight is 493 g/mol. The molecule has 0 saturated carbocycles. The monoisotopic (exact) mass is 492 g/mol. The van der Waals surface area contributed by atoms with Crippen molar-refractivity contribution in [2.45, 2.75) is 95.9 Å². The van der Waals surface area contributed by atoms with Crippen LogP contribution in [0.25, 0.3) is 0 Å². The van der Waals surface area contributed by atoms with Crippen LogP contribution in [0.2, 0.25) is 0 Å². The standard InChI is InChI=1S/C26H40N2O5S/c1-9-11-19-17-21(29)28(24(30)33-25(4,5)6)22(19)23(26(7,32-8)16-10-2)27-34(31)20-14-12-18(3)13-15-20/h9,11-15,19,22-23,27H,10,16-17H2,1-8H3/b11-9-. The molecule has 0 aliphatic carbocycles. The summed E-state index contributed by atoms with van der Waals surface area (Å²) in [6.45, 7) is 13.1. The van der Waals surface area contributed by atoms with E-state index in [-0.39, 0.29) is 18.2 Å². The number of methoxy groups -OCH3 is 1. The van der Waals surface area contributed by atoms with Crippen LogP contribution in [0.5, 0.6) is 0 Å². The minimum Gasteiger partial charge on any atom is -0.443 e. The van der Waals surface area contributed by atoms with Crippen LogP contribution in [0.4, 0.5) is 4.79 Å². The molecule has 5 unspecified atom stereocenters. The number of ether oxygens (including phenoxy) is 2. The summed E-state index contributed by atoms with van der Waals surface area (Å²) in [7, 11) is 0.0186. The molecule has 8 heteroatoms. The van der Waals surface area contributed by atoms with Gasteiger partial charge in [0.1, 0.15) is 16.6 Å². The largest absolute Gasteiger partial charge is 0.443 e. The van der Waals surface area contributed by atoms with Crippen LogP contribution >= 0.6 is 0 Å². The first-order chi connectivity index (χ1) is 15.9. The van der Waals surface area contributed by atoms with Gasteiger partial charge in [0.05, 0.1) is 22.6 Å². The predicted molar refractivity (Wildman–Crippen MR) is 135 cm³/mol. The molecule has 0 bridgehead atoms.